The highest BCUT2D eigenvalue weighted by Crippen LogP contribution is 2.25. The number of hydrogen-bond acceptors (Lipinski definition) is 3. The summed E-state index contributed by atoms with van der Waals surface area (Å²) in [5.74, 6) is 0.628. The average Bonchev–Trinajstić information content (AvgIpc) is 2.91. The summed E-state index contributed by atoms with van der Waals surface area (Å²) >= 11 is 1.53. The number of aromatic nitrogens is 1. The monoisotopic (exact) mass is 328 g/mol. The van der Waals surface area contributed by atoms with Crippen LogP contribution in [0, 0.1) is 12.8 Å². The smallest absolute Gasteiger partial charge is 0.263 e. The van der Waals surface area contributed by atoms with Crippen LogP contribution in [-0.4, -0.2) is 16.9 Å². The molecular weight excluding hydrogens is 304 g/mol. The third kappa shape index (κ3) is 3.99. The summed E-state index contributed by atoms with van der Waals surface area (Å²) in [5, 5.41) is 4.24. The molecule has 2 aromatic rings. The first-order valence-electron chi connectivity index (χ1n) is 8.44. The predicted octanol–water partition coefficient (Wildman–Crippen LogP) is 4.35. The fraction of sp³-hybridized carbons (Fsp3) is 0.474. The maximum atomic E-state index is 12.6. The summed E-state index contributed by atoms with van der Waals surface area (Å²) in [6, 6.07) is 10.6. The van der Waals surface area contributed by atoms with Gasteiger partial charge in [-0.1, -0.05) is 50.1 Å². The first-order valence-corrected chi connectivity index (χ1v) is 9.26. The Balaban J connectivity index is 1.69. The Labute approximate surface area is 142 Å². The predicted molar refractivity (Wildman–Crippen MR) is 95.0 cm³/mol. The molecule has 122 valence electrons. The lowest BCUT2D eigenvalue weighted by Gasteiger charge is -2.29. The van der Waals surface area contributed by atoms with Gasteiger partial charge in [0, 0.05) is 12.5 Å². The topological polar surface area (TPSA) is 42.0 Å². The standard InChI is InChI=1S/C19H24N2OS/c1-13-8-6-7-11-16(13)21-19(22)18-14(2)20-17(23-18)12-15-9-4-3-5-10-15/h3-5,9-10,13,16H,6-8,11-12H2,1-2H3,(H,21,22). The number of nitrogens with zero attached hydrogens (tertiary/aromatic N) is 1. The van der Waals surface area contributed by atoms with E-state index < -0.39 is 0 Å². The fourth-order valence-electron chi connectivity index (χ4n) is 3.27. The van der Waals surface area contributed by atoms with Crippen LogP contribution in [0.15, 0.2) is 30.3 Å². The minimum atomic E-state index is 0.0538. The van der Waals surface area contributed by atoms with Gasteiger partial charge in [-0.2, -0.15) is 0 Å². The quantitative estimate of drug-likeness (QED) is 0.906. The molecule has 4 heteroatoms. The van der Waals surface area contributed by atoms with Crippen molar-refractivity contribution in [3.05, 3.63) is 51.5 Å². The second kappa shape index (κ2) is 7.26. The zero-order chi connectivity index (χ0) is 16.2. The highest BCUT2D eigenvalue weighted by molar-refractivity contribution is 7.13. The van der Waals surface area contributed by atoms with E-state index in [2.05, 4.69) is 29.4 Å². The number of hydrogen-bond donors (Lipinski definition) is 1. The van der Waals surface area contributed by atoms with Gasteiger partial charge in [0.2, 0.25) is 0 Å². The van der Waals surface area contributed by atoms with Crippen LogP contribution in [0.3, 0.4) is 0 Å². The molecule has 3 nitrogen and oxygen atoms in total. The van der Waals surface area contributed by atoms with E-state index >= 15 is 0 Å². The van der Waals surface area contributed by atoms with Crippen LogP contribution in [-0.2, 0) is 6.42 Å². The van der Waals surface area contributed by atoms with Crippen LogP contribution in [0.4, 0.5) is 0 Å². The zero-order valence-corrected chi connectivity index (χ0v) is 14.7. The molecule has 1 amide bonds. The highest BCUT2D eigenvalue weighted by Gasteiger charge is 2.25. The van der Waals surface area contributed by atoms with E-state index in [9.17, 15) is 4.79 Å². The van der Waals surface area contributed by atoms with Gasteiger partial charge in [-0.3, -0.25) is 4.79 Å². The number of carbonyl (C=O) groups excluding carboxylic acids is 1. The van der Waals surface area contributed by atoms with Crippen molar-refractivity contribution in [3.8, 4) is 0 Å². The lowest BCUT2D eigenvalue weighted by atomic mass is 9.86. The van der Waals surface area contributed by atoms with Gasteiger partial charge in [-0.15, -0.1) is 11.3 Å². The average molecular weight is 328 g/mol. The van der Waals surface area contributed by atoms with E-state index in [1.807, 2.05) is 25.1 Å². The second-order valence-electron chi connectivity index (χ2n) is 6.53. The molecule has 0 radical (unpaired) electrons. The third-order valence-electron chi connectivity index (χ3n) is 4.67. The minimum absolute atomic E-state index is 0.0538. The first-order chi connectivity index (χ1) is 11.1. The van der Waals surface area contributed by atoms with Gasteiger partial charge in [-0.25, -0.2) is 4.98 Å². The Hall–Kier alpha value is -1.68. The molecule has 23 heavy (non-hydrogen) atoms. The number of benzene rings is 1. The molecule has 1 heterocycles. The fourth-order valence-corrected chi connectivity index (χ4v) is 4.28. The normalized spacial score (nSPS) is 21.1. The lowest BCUT2D eigenvalue weighted by Crippen LogP contribution is -2.40. The SMILES string of the molecule is Cc1nc(Cc2ccccc2)sc1C(=O)NC1CCCCC1C. The molecule has 1 fully saturated rings. The van der Waals surface area contributed by atoms with E-state index in [1.165, 1.54) is 36.2 Å². The molecule has 3 rings (SSSR count). The number of rotatable bonds is 4. The number of amides is 1. The van der Waals surface area contributed by atoms with E-state index in [-0.39, 0.29) is 5.91 Å². The summed E-state index contributed by atoms with van der Waals surface area (Å²) < 4.78 is 0. The van der Waals surface area contributed by atoms with E-state index in [0.29, 0.717) is 12.0 Å². The summed E-state index contributed by atoms with van der Waals surface area (Å²) in [5.41, 5.74) is 2.08. The van der Waals surface area contributed by atoms with Crippen LogP contribution < -0.4 is 5.32 Å². The highest BCUT2D eigenvalue weighted by atomic mass is 32.1. The van der Waals surface area contributed by atoms with Crippen molar-refractivity contribution in [2.75, 3.05) is 0 Å². The van der Waals surface area contributed by atoms with Crippen molar-refractivity contribution in [1.82, 2.24) is 10.3 Å². The van der Waals surface area contributed by atoms with Gasteiger partial charge >= 0.3 is 0 Å². The van der Waals surface area contributed by atoms with Crippen molar-refractivity contribution < 1.29 is 4.79 Å². The van der Waals surface area contributed by atoms with Gasteiger partial charge in [-0.05, 0) is 31.2 Å². The van der Waals surface area contributed by atoms with Gasteiger partial charge in [0.15, 0.2) is 0 Å². The number of thiazole rings is 1. The molecule has 2 unspecified atom stereocenters. The van der Waals surface area contributed by atoms with Crippen LogP contribution in [0.1, 0.15) is 58.5 Å². The van der Waals surface area contributed by atoms with E-state index in [4.69, 9.17) is 0 Å². The molecule has 0 saturated heterocycles. The maximum absolute atomic E-state index is 12.6. The molecule has 0 bridgehead atoms. The third-order valence-corrected chi connectivity index (χ3v) is 5.83. The second-order valence-corrected chi connectivity index (χ2v) is 7.61. The zero-order valence-electron chi connectivity index (χ0n) is 13.8. The van der Waals surface area contributed by atoms with Crippen LogP contribution in [0.25, 0.3) is 0 Å². The molecule has 0 spiro atoms. The van der Waals surface area contributed by atoms with Crippen LogP contribution in [0.2, 0.25) is 0 Å². The van der Waals surface area contributed by atoms with Crippen molar-refractivity contribution in [2.45, 2.75) is 52.0 Å². The molecule has 2 atom stereocenters. The van der Waals surface area contributed by atoms with Crippen LogP contribution >= 0.6 is 11.3 Å². The molecule has 1 saturated carbocycles. The van der Waals surface area contributed by atoms with Gasteiger partial charge in [0.25, 0.3) is 5.91 Å². The van der Waals surface area contributed by atoms with Gasteiger partial charge in [0.05, 0.1) is 10.7 Å². The number of aryl methyl sites for hydroxylation is 1. The summed E-state index contributed by atoms with van der Waals surface area (Å²) in [6.45, 7) is 4.18. The van der Waals surface area contributed by atoms with E-state index in [1.54, 1.807) is 0 Å². The van der Waals surface area contributed by atoms with Crippen molar-refractivity contribution in [1.29, 1.82) is 0 Å². The Kier molecular flexibility index (Phi) is 5.11. The Morgan fingerprint density at radius 3 is 2.74 bits per heavy atom. The minimum Gasteiger partial charge on any atom is -0.348 e. The Morgan fingerprint density at radius 1 is 1.26 bits per heavy atom. The van der Waals surface area contributed by atoms with Gasteiger partial charge < -0.3 is 5.32 Å². The number of carbonyl (C=O) groups is 1. The van der Waals surface area contributed by atoms with Crippen molar-refractivity contribution in [3.63, 3.8) is 0 Å². The summed E-state index contributed by atoms with van der Waals surface area (Å²) in [7, 11) is 0. The van der Waals surface area contributed by atoms with E-state index in [0.717, 1.165) is 28.4 Å². The molecule has 1 aliphatic carbocycles. The van der Waals surface area contributed by atoms with Crippen LogP contribution in [0.5, 0.6) is 0 Å². The van der Waals surface area contributed by atoms with Crippen molar-refractivity contribution in [2.24, 2.45) is 5.92 Å². The summed E-state index contributed by atoms with van der Waals surface area (Å²) in [6.07, 6.45) is 5.61. The Morgan fingerprint density at radius 2 is 2.00 bits per heavy atom. The molecule has 1 aliphatic rings. The summed E-state index contributed by atoms with van der Waals surface area (Å²) in [4.78, 5) is 18.0. The maximum Gasteiger partial charge on any atom is 0.263 e. The Bertz CT molecular complexity index is 665. The molecule has 1 N–H and O–H groups in total. The molecular formula is C19H24N2OS. The first kappa shape index (κ1) is 16.2. The van der Waals surface area contributed by atoms with Crippen molar-refractivity contribution >= 4 is 17.2 Å². The number of nitrogens with one attached hydrogen (secondary N) is 1. The molecule has 1 aromatic carbocycles. The van der Waals surface area contributed by atoms with Gasteiger partial charge in [0.1, 0.15) is 4.88 Å². The molecule has 1 aromatic heterocycles. The molecule has 0 aliphatic heterocycles. The lowest BCUT2D eigenvalue weighted by molar-refractivity contribution is 0.0913. The largest absolute Gasteiger partial charge is 0.348 e.